The van der Waals surface area contributed by atoms with Gasteiger partial charge in [0, 0.05) is 12.1 Å². The fourth-order valence-electron chi connectivity index (χ4n) is 2.24. The summed E-state index contributed by atoms with van der Waals surface area (Å²) in [6.07, 6.45) is 0. The SMILES string of the molecule is O=C(CSc1nc2ccccc2[nH]1)NCc1ccc(F)c(CO)c1. The summed E-state index contributed by atoms with van der Waals surface area (Å²) < 4.78 is 13.3. The van der Waals surface area contributed by atoms with E-state index in [1.54, 1.807) is 12.1 Å². The molecule has 0 saturated heterocycles. The van der Waals surface area contributed by atoms with Crippen LogP contribution in [0, 0.1) is 5.82 Å². The number of aliphatic hydroxyl groups is 1. The van der Waals surface area contributed by atoms with E-state index in [9.17, 15) is 9.18 Å². The molecule has 3 rings (SSSR count). The van der Waals surface area contributed by atoms with Gasteiger partial charge in [-0.25, -0.2) is 9.37 Å². The van der Waals surface area contributed by atoms with Crippen molar-refractivity contribution in [1.29, 1.82) is 0 Å². The maximum atomic E-state index is 13.3. The van der Waals surface area contributed by atoms with Crippen molar-refractivity contribution in [2.75, 3.05) is 5.75 Å². The summed E-state index contributed by atoms with van der Waals surface area (Å²) in [4.78, 5) is 19.5. The number of thioether (sulfide) groups is 1. The number of amides is 1. The monoisotopic (exact) mass is 345 g/mol. The summed E-state index contributed by atoms with van der Waals surface area (Å²) in [5, 5.41) is 12.5. The number of nitrogens with one attached hydrogen (secondary N) is 2. The van der Waals surface area contributed by atoms with E-state index in [1.807, 2.05) is 24.3 Å². The second-order valence-electron chi connectivity index (χ2n) is 5.21. The number of carbonyl (C=O) groups excluding carboxylic acids is 1. The van der Waals surface area contributed by atoms with Gasteiger partial charge in [0.2, 0.25) is 5.91 Å². The fraction of sp³-hybridized carbons (Fsp3) is 0.176. The molecule has 0 aliphatic rings. The number of benzene rings is 2. The average Bonchev–Trinajstić information content (AvgIpc) is 3.02. The van der Waals surface area contributed by atoms with E-state index < -0.39 is 5.82 Å². The summed E-state index contributed by atoms with van der Waals surface area (Å²) in [5.74, 6) is -0.364. The lowest BCUT2D eigenvalue weighted by molar-refractivity contribution is -0.118. The fourth-order valence-corrected chi connectivity index (χ4v) is 2.96. The van der Waals surface area contributed by atoms with Crippen molar-refractivity contribution in [3.8, 4) is 0 Å². The molecule has 24 heavy (non-hydrogen) atoms. The molecule has 0 unspecified atom stereocenters. The smallest absolute Gasteiger partial charge is 0.230 e. The van der Waals surface area contributed by atoms with E-state index in [0.29, 0.717) is 5.16 Å². The third-order valence-corrected chi connectivity index (χ3v) is 4.35. The number of halogens is 1. The summed E-state index contributed by atoms with van der Waals surface area (Å²) in [6.45, 7) is -0.0810. The van der Waals surface area contributed by atoms with Crippen LogP contribution in [0.15, 0.2) is 47.6 Å². The first-order valence-electron chi connectivity index (χ1n) is 7.38. The first-order valence-corrected chi connectivity index (χ1v) is 8.36. The second kappa shape index (κ2) is 7.46. The molecule has 0 saturated carbocycles. The highest BCUT2D eigenvalue weighted by molar-refractivity contribution is 7.99. The number of hydrogen-bond acceptors (Lipinski definition) is 4. The molecule has 0 bridgehead atoms. The largest absolute Gasteiger partial charge is 0.392 e. The zero-order chi connectivity index (χ0) is 16.9. The predicted molar refractivity (Wildman–Crippen MR) is 91.0 cm³/mol. The molecule has 5 nitrogen and oxygen atoms in total. The molecule has 1 aromatic heterocycles. The molecule has 0 fully saturated rings. The summed E-state index contributed by atoms with van der Waals surface area (Å²) >= 11 is 1.32. The van der Waals surface area contributed by atoms with Crippen molar-refractivity contribution < 1.29 is 14.3 Å². The predicted octanol–water partition coefficient (Wildman–Crippen LogP) is 2.60. The molecule has 2 aromatic carbocycles. The summed E-state index contributed by atoms with van der Waals surface area (Å²) in [5.41, 5.74) is 2.76. The molecule has 0 aliphatic carbocycles. The van der Waals surface area contributed by atoms with E-state index in [0.717, 1.165) is 16.6 Å². The van der Waals surface area contributed by atoms with E-state index in [1.165, 1.54) is 17.8 Å². The molecular weight excluding hydrogens is 329 g/mol. The molecule has 0 radical (unpaired) electrons. The lowest BCUT2D eigenvalue weighted by Gasteiger charge is -2.07. The third-order valence-electron chi connectivity index (χ3n) is 3.48. The Labute approximate surface area is 142 Å². The minimum Gasteiger partial charge on any atom is -0.392 e. The van der Waals surface area contributed by atoms with Gasteiger partial charge in [-0.15, -0.1) is 0 Å². The van der Waals surface area contributed by atoms with Crippen molar-refractivity contribution >= 4 is 28.7 Å². The number of carbonyl (C=O) groups is 1. The van der Waals surface area contributed by atoms with Gasteiger partial charge in [0.05, 0.1) is 23.4 Å². The number of para-hydroxylation sites is 2. The summed E-state index contributed by atoms with van der Waals surface area (Å²) in [7, 11) is 0. The Morgan fingerprint density at radius 2 is 2.12 bits per heavy atom. The standard InChI is InChI=1S/C17H16FN3O2S/c18-13-6-5-11(7-12(13)9-22)8-19-16(23)10-24-17-20-14-3-1-2-4-15(14)21-17/h1-7,22H,8-10H2,(H,19,23)(H,20,21). The first kappa shape index (κ1) is 16.5. The van der Waals surface area contributed by atoms with Crippen LogP contribution < -0.4 is 5.32 Å². The first-order chi connectivity index (χ1) is 11.7. The Morgan fingerprint density at radius 3 is 2.92 bits per heavy atom. The number of H-pyrrole nitrogens is 1. The van der Waals surface area contributed by atoms with Gasteiger partial charge in [-0.1, -0.05) is 30.0 Å². The Hall–Kier alpha value is -2.38. The molecule has 1 heterocycles. The van der Waals surface area contributed by atoms with Gasteiger partial charge in [-0.05, 0) is 29.8 Å². The molecule has 7 heteroatoms. The minimum atomic E-state index is -0.451. The van der Waals surface area contributed by atoms with Crippen molar-refractivity contribution in [2.24, 2.45) is 0 Å². The molecule has 1 amide bonds. The van der Waals surface area contributed by atoms with E-state index in [-0.39, 0.29) is 30.4 Å². The van der Waals surface area contributed by atoms with E-state index in [2.05, 4.69) is 15.3 Å². The minimum absolute atomic E-state index is 0.143. The Morgan fingerprint density at radius 1 is 1.29 bits per heavy atom. The quantitative estimate of drug-likeness (QED) is 0.600. The molecule has 3 N–H and O–H groups in total. The molecular formula is C17H16FN3O2S. The highest BCUT2D eigenvalue weighted by Gasteiger charge is 2.08. The number of fused-ring (bicyclic) bond motifs is 1. The van der Waals surface area contributed by atoms with E-state index in [4.69, 9.17) is 5.11 Å². The zero-order valence-electron chi connectivity index (χ0n) is 12.8. The van der Waals surface area contributed by atoms with Crippen LogP contribution in [0.5, 0.6) is 0 Å². The molecule has 0 spiro atoms. The van der Waals surface area contributed by atoms with Gasteiger partial charge < -0.3 is 15.4 Å². The number of nitrogens with zero attached hydrogens (tertiary/aromatic N) is 1. The Bertz CT molecular complexity index is 833. The maximum Gasteiger partial charge on any atom is 0.230 e. The second-order valence-corrected chi connectivity index (χ2v) is 6.17. The maximum absolute atomic E-state index is 13.3. The van der Waals surface area contributed by atoms with Gasteiger partial charge in [0.15, 0.2) is 5.16 Å². The number of aromatic amines is 1. The van der Waals surface area contributed by atoms with Crippen LogP contribution in [0.1, 0.15) is 11.1 Å². The number of aliphatic hydroxyl groups excluding tert-OH is 1. The van der Waals surface area contributed by atoms with Crippen molar-refractivity contribution in [1.82, 2.24) is 15.3 Å². The van der Waals surface area contributed by atoms with Crippen molar-refractivity contribution in [3.63, 3.8) is 0 Å². The molecule has 124 valence electrons. The van der Waals surface area contributed by atoms with Gasteiger partial charge in [-0.3, -0.25) is 4.79 Å². The highest BCUT2D eigenvalue weighted by Crippen LogP contribution is 2.18. The van der Waals surface area contributed by atoms with Gasteiger partial charge >= 0.3 is 0 Å². The van der Waals surface area contributed by atoms with Crippen LogP contribution in [-0.4, -0.2) is 26.7 Å². The average molecular weight is 345 g/mol. The van der Waals surface area contributed by atoms with E-state index >= 15 is 0 Å². The number of hydrogen-bond donors (Lipinski definition) is 3. The van der Waals surface area contributed by atoms with Crippen LogP contribution in [0.4, 0.5) is 4.39 Å². The van der Waals surface area contributed by atoms with Gasteiger partial charge in [0.1, 0.15) is 5.82 Å². The zero-order valence-corrected chi connectivity index (χ0v) is 13.6. The molecule has 0 aliphatic heterocycles. The van der Waals surface area contributed by atoms with Crippen LogP contribution in [0.25, 0.3) is 11.0 Å². The lowest BCUT2D eigenvalue weighted by Crippen LogP contribution is -2.24. The van der Waals surface area contributed by atoms with Crippen molar-refractivity contribution in [2.45, 2.75) is 18.3 Å². The molecule has 0 atom stereocenters. The number of imidazole rings is 1. The number of rotatable bonds is 6. The normalized spacial score (nSPS) is 10.9. The Balaban J connectivity index is 1.52. The van der Waals surface area contributed by atoms with Gasteiger partial charge in [0.25, 0.3) is 0 Å². The van der Waals surface area contributed by atoms with Gasteiger partial charge in [-0.2, -0.15) is 0 Å². The lowest BCUT2D eigenvalue weighted by atomic mass is 10.1. The molecule has 3 aromatic rings. The van der Waals surface area contributed by atoms with Crippen LogP contribution >= 0.6 is 11.8 Å². The van der Waals surface area contributed by atoms with Crippen molar-refractivity contribution in [3.05, 3.63) is 59.4 Å². The van der Waals surface area contributed by atoms with Crippen LogP contribution in [-0.2, 0) is 17.9 Å². The summed E-state index contributed by atoms with van der Waals surface area (Å²) in [6, 6.07) is 12.1. The van der Waals surface area contributed by atoms with Crippen LogP contribution in [0.2, 0.25) is 0 Å². The third kappa shape index (κ3) is 3.93. The highest BCUT2D eigenvalue weighted by atomic mass is 32.2. The Kier molecular flexibility index (Phi) is 5.12. The van der Waals surface area contributed by atoms with Crippen LogP contribution in [0.3, 0.4) is 0 Å². The number of aromatic nitrogens is 2. The topological polar surface area (TPSA) is 78.0 Å².